The minimum Gasteiger partial charge on any atom is -0.497 e. The quantitative estimate of drug-likeness (QED) is 0.672. The van der Waals surface area contributed by atoms with Crippen LogP contribution in [-0.4, -0.2) is 27.1 Å². The Morgan fingerprint density at radius 3 is 2.26 bits per heavy atom. The van der Waals surface area contributed by atoms with Gasteiger partial charge in [-0.05, 0) is 30.3 Å². The van der Waals surface area contributed by atoms with E-state index < -0.39 is 0 Å². The smallest absolute Gasteiger partial charge is 0.231 e. The van der Waals surface area contributed by atoms with Crippen molar-refractivity contribution in [2.75, 3.05) is 21.3 Å². The Kier molecular flexibility index (Phi) is 3.93. The summed E-state index contributed by atoms with van der Waals surface area (Å²) in [5, 5.41) is 0.835. The maximum atomic E-state index is 12.7. The van der Waals surface area contributed by atoms with E-state index in [1.54, 1.807) is 44.6 Å². The van der Waals surface area contributed by atoms with Gasteiger partial charge in [-0.15, -0.1) is 0 Å². The number of furan rings is 1. The van der Waals surface area contributed by atoms with E-state index in [0.29, 0.717) is 28.4 Å². The topological polar surface area (TPSA) is 57.9 Å². The molecule has 5 heteroatoms. The lowest BCUT2D eigenvalue weighted by molar-refractivity contribution is 0.101. The van der Waals surface area contributed by atoms with Gasteiger partial charge >= 0.3 is 0 Å². The molecule has 0 fully saturated rings. The summed E-state index contributed by atoms with van der Waals surface area (Å²) in [6, 6.07) is 12.2. The molecule has 1 aromatic heterocycles. The van der Waals surface area contributed by atoms with Crippen molar-refractivity contribution in [3.63, 3.8) is 0 Å². The number of benzene rings is 2. The average Bonchev–Trinajstić information content (AvgIpc) is 3.03. The summed E-state index contributed by atoms with van der Waals surface area (Å²) in [4.78, 5) is 12.7. The Hall–Kier alpha value is -2.95. The highest BCUT2D eigenvalue weighted by Gasteiger charge is 2.19. The van der Waals surface area contributed by atoms with Crippen LogP contribution in [0, 0.1) is 0 Å². The molecule has 0 saturated carbocycles. The van der Waals surface area contributed by atoms with Crippen LogP contribution in [0.15, 0.2) is 46.9 Å². The molecule has 2 aromatic carbocycles. The van der Waals surface area contributed by atoms with Gasteiger partial charge < -0.3 is 18.6 Å². The Morgan fingerprint density at radius 2 is 1.57 bits per heavy atom. The molecule has 23 heavy (non-hydrogen) atoms. The van der Waals surface area contributed by atoms with Crippen LogP contribution in [0.2, 0.25) is 0 Å². The predicted octanol–water partition coefficient (Wildman–Crippen LogP) is 3.69. The molecule has 0 aliphatic carbocycles. The molecule has 118 valence electrons. The molecular weight excluding hydrogens is 296 g/mol. The normalized spacial score (nSPS) is 10.6. The molecule has 1 heterocycles. The summed E-state index contributed by atoms with van der Waals surface area (Å²) in [6.45, 7) is 0. The van der Waals surface area contributed by atoms with Crippen molar-refractivity contribution in [1.82, 2.24) is 0 Å². The third-order valence-electron chi connectivity index (χ3n) is 3.60. The van der Waals surface area contributed by atoms with Gasteiger partial charge in [-0.1, -0.05) is 0 Å². The molecule has 5 nitrogen and oxygen atoms in total. The van der Waals surface area contributed by atoms with Crippen LogP contribution in [0.1, 0.15) is 16.1 Å². The van der Waals surface area contributed by atoms with Crippen LogP contribution in [0.3, 0.4) is 0 Å². The highest BCUT2D eigenvalue weighted by Crippen LogP contribution is 2.30. The van der Waals surface area contributed by atoms with Gasteiger partial charge in [0.25, 0.3) is 0 Å². The molecule has 3 rings (SSSR count). The molecule has 0 aliphatic heterocycles. The number of fused-ring (bicyclic) bond motifs is 1. The molecule has 0 atom stereocenters. The fourth-order valence-electron chi connectivity index (χ4n) is 2.37. The largest absolute Gasteiger partial charge is 0.497 e. The maximum absolute atomic E-state index is 12.7. The lowest BCUT2D eigenvalue weighted by Crippen LogP contribution is -2.03. The van der Waals surface area contributed by atoms with E-state index >= 15 is 0 Å². The van der Waals surface area contributed by atoms with Crippen molar-refractivity contribution in [2.45, 2.75) is 0 Å². The second-order valence-corrected chi connectivity index (χ2v) is 4.91. The minimum atomic E-state index is -0.250. The highest BCUT2D eigenvalue weighted by molar-refractivity contribution is 6.10. The number of carbonyl (C=O) groups excluding carboxylic acids is 1. The van der Waals surface area contributed by atoms with E-state index in [-0.39, 0.29) is 11.5 Å². The highest BCUT2D eigenvalue weighted by atomic mass is 16.5. The second kappa shape index (κ2) is 6.04. The molecule has 0 aliphatic rings. The SMILES string of the molecule is COc1ccc(C(=O)c2cc3ccc(OC)cc3o2)c(OC)c1. The van der Waals surface area contributed by atoms with Gasteiger partial charge in [-0.3, -0.25) is 4.79 Å². The summed E-state index contributed by atoms with van der Waals surface area (Å²) in [5.74, 6) is 1.73. The van der Waals surface area contributed by atoms with E-state index in [1.165, 1.54) is 7.11 Å². The first-order valence-electron chi connectivity index (χ1n) is 7.00. The van der Waals surface area contributed by atoms with Gasteiger partial charge in [0, 0.05) is 17.5 Å². The average molecular weight is 312 g/mol. The molecule has 3 aromatic rings. The number of ether oxygens (including phenoxy) is 3. The summed E-state index contributed by atoms with van der Waals surface area (Å²) in [7, 11) is 4.65. The van der Waals surface area contributed by atoms with Crippen LogP contribution in [0.25, 0.3) is 11.0 Å². The Balaban J connectivity index is 2.03. The number of methoxy groups -OCH3 is 3. The number of hydrogen-bond donors (Lipinski definition) is 0. The van der Waals surface area contributed by atoms with Crippen LogP contribution in [-0.2, 0) is 0 Å². The maximum Gasteiger partial charge on any atom is 0.231 e. The molecule has 0 radical (unpaired) electrons. The van der Waals surface area contributed by atoms with Gasteiger partial charge in [-0.25, -0.2) is 0 Å². The molecule has 0 spiro atoms. The van der Waals surface area contributed by atoms with Crippen molar-refractivity contribution >= 4 is 16.8 Å². The monoisotopic (exact) mass is 312 g/mol. The molecule has 0 N–H and O–H groups in total. The fraction of sp³-hybridized carbons (Fsp3) is 0.167. The first kappa shape index (κ1) is 15.0. The molecule has 0 bridgehead atoms. The molecule has 0 amide bonds. The summed E-state index contributed by atoms with van der Waals surface area (Å²) in [5.41, 5.74) is 1.01. The summed E-state index contributed by atoms with van der Waals surface area (Å²) in [6.07, 6.45) is 0. The zero-order valence-electron chi connectivity index (χ0n) is 13.1. The van der Waals surface area contributed by atoms with Crippen molar-refractivity contribution in [2.24, 2.45) is 0 Å². The number of hydrogen-bond acceptors (Lipinski definition) is 5. The number of ketones is 1. The first-order chi connectivity index (χ1) is 11.2. The fourth-order valence-corrected chi connectivity index (χ4v) is 2.37. The van der Waals surface area contributed by atoms with Crippen LogP contribution in [0.5, 0.6) is 17.2 Å². The minimum absolute atomic E-state index is 0.247. The van der Waals surface area contributed by atoms with E-state index in [2.05, 4.69) is 0 Å². The van der Waals surface area contributed by atoms with Crippen molar-refractivity contribution < 1.29 is 23.4 Å². The van der Waals surface area contributed by atoms with Gasteiger partial charge in [-0.2, -0.15) is 0 Å². The third kappa shape index (κ3) is 2.73. The summed E-state index contributed by atoms with van der Waals surface area (Å²) < 4.78 is 21.2. The Morgan fingerprint density at radius 1 is 0.870 bits per heavy atom. The van der Waals surface area contributed by atoms with E-state index in [1.807, 2.05) is 12.1 Å². The molecule has 0 saturated heterocycles. The van der Waals surface area contributed by atoms with E-state index in [9.17, 15) is 4.79 Å². The third-order valence-corrected chi connectivity index (χ3v) is 3.60. The molecule has 0 unspecified atom stereocenters. The zero-order chi connectivity index (χ0) is 16.4. The standard InChI is InChI=1S/C18H16O5/c1-20-12-5-4-11-8-17(23-15(11)9-12)18(19)14-7-6-13(21-2)10-16(14)22-3/h4-10H,1-3H3. The van der Waals surface area contributed by atoms with Gasteiger partial charge in [0.15, 0.2) is 5.76 Å². The number of rotatable bonds is 5. The first-order valence-corrected chi connectivity index (χ1v) is 7.00. The predicted molar refractivity (Wildman–Crippen MR) is 85.7 cm³/mol. The van der Waals surface area contributed by atoms with Crippen molar-refractivity contribution in [3.8, 4) is 17.2 Å². The van der Waals surface area contributed by atoms with Crippen LogP contribution < -0.4 is 14.2 Å². The van der Waals surface area contributed by atoms with E-state index in [4.69, 9.17) is 18.6 Å². The summed E-state index contributed by atoms with van der Waals surface area (Å²) >= 11 is 0. The van der Waals surface area contributed by atoms with E-state index in [0.717, 1.165) is 5.39 Å². The van der Waals surface area contributed by atoms with Gasteiger partial charge in [0.2, 0.25) is 5.78 Å². The van der Waals surface area contributed by atoms with Crippen molar-refractivity contribution in [1.29, 1.82) is 0 Å². The Labute approximate surface area is 133 Å². The van der Waals surface area contributed by atoms with Crippen LogP contribution in [0.4, 0.5) is 0 Å². The number of carbonyl (C=O) groups is 1. The zero-order valence-corrected chi connectivity index (χ0v) is 13.1. The lowest BCUT2D eigenvalue weighted by atomic mass is 10.1. The van der Waals surface area contributed by atoms with Gasteiger partial charge in [0.1, 0.15) is 22.8 Å². The lowest BCUT2D eigenvalue weighted by Gasteiger charge is -2.08. The van der Waals surface area contributed by atoms with Gasteiger partial charge in [0.05, 0.1) is 26.9 Å². The van der Waals surface area contributed by atoms with Crippen molar-refractivity contribution in [3.05, 3.63) is 53.8 Å². The second-order valence-electron chi connectivity index (χ2n) is 4.91. The Bertz CT molecular complexity index is 863. The van der Waals surface area contributed by atoms with Crippen LogP contribution >= 0.6 is 0 Å². The molecular formula is C18H16O5.